The first-order valence-corrected chi connectivity index (χ1v) is 5.48. The molecule has 0 saturated carbocycles. The number of nitrogens with two attached hydrogens (primary N) is 1. The maximum absolute atomic E-state index is 5.86. The second-order valence-corrected chi connectivity index (χ2v) is 4.62. The van der Waals surface area contributed by atoms with Gasteiger partial charge in [0, 0.05) is 17.3 Å². The lowest BCUT2D eigenvalue weighted by Gasteiger charge is -2.12. The molecule has 15 heavy (non-hydrogen) atoms. The average molecular weight is 241 g/mol. The molecule has 6 heteroatoms. The standard InChI is InChI=1S/C9H9ClN4S/c10-8-2-1-7(15-8)9(14-11)6-5-12-3-4-13-6/h1-5,9,14H,11H2. The summed E-state index contributed by atoms with van der Waals surface area (Å²) in [5.41, 5.74) is 3.47. The second-order valence-electron chi connectivity index (χ2n) is 2.87. The Morgan fingerprint density at radius 1 is 1.40 bits per heavy atom. The first kappa shape index (κ1) is 10.5. The molecule has 2 aromatic heterocycles. The summed E-state index contributed by atoms with van der Waals surface area (Å²) >= 11 is 7.33. The molecule has 0 aliphatic carbocycles. The third kappa shape index (κ3) is 2.32. The topological polar surface area (TPSA) is 63.8 Å². The third-order valence-electron chi connectivity index (χ3n) is 1.92. The molecular formula is C9H9ClN4S. The molecule has 0 fully saturated rings. The van der Waals surface area contributed by atoms with Crippen LogP contribution in [0.5, 0.6) is 0 Å². The Morgan fingerprint density at radius 3 is 2.80 bits per heavy atom. The highest BCUT2D eigenvalue weighted by atomic mass is 35.5. The predicted molar refractivity (Wildman–Crippen MR) is 60.5 cm³/mol. The molecule has 2 heterocycles. The number of nitrogens with one attached hydrogen (secondary N) is 1. The van der Waals surface area contributed by atoms with E-state index in [-0.39, 0.29) is 6.04 Å². The van der Waals surface area contributed by atoms with Gasteiger partial charge in [-0.3, -0.25) is 15.8 Å². The van der Waals surface area contributed by atoms with Crippen molar-refractivity contribution in [3.8, 4) is 0 Å². The second kappa shape index (κ2) is 4.67. The fourth-order valence-electron chi connectivity index (χ4n) is 1.26. The fraction of sp³-hybridized carbons (Fsp3) is 0.111. The molecule has 0 radical (unpaired) electrons. The van der Waals surface area contributed by atoms with Crippen LogP contribution in [0.15, 0.2) is 30.7 Å². The van der Waals surface area contributed by atoms with E-state index in [4.69, 9.17) is 17.4 Å². The fourth-order valence-corrected chi connectivity index (χ4v) is 2.39. The Bertz CT molecular complexity index is 431. The van der Waals surface area contributed by atoms with Gasteiger partial charge in [0.05, 0.1) is 22.3 Å². The van der Waals surface area contributed by atoms with Gasteiger partial charge in [-0.25, -0.2) is 5.43 Å². The minimum Gasteiger partial charge on any atom is -0.270 e. The van der Waals surface area contributed by atoms with Crippen LogP contribution in [0.3, 0.4) is 0 Å². The maximum Gasteiger partial charge on any atom is 0.0989 e. The van der Waals surface area contributed by atoms with Gasteiger partial charge in [-0.1, -0.05) is 11.6 Å². The van der Waals surface area contributed by atoms with Crippen LogP contribution in [-0.2, 0) is 0 Å². The zero-order chi connectivity index (χ0) is 10.7. The minimum absolute atomic E-state index is 0.156. The molecule has 78 valence electrons. The van der Waals surface area contributed by atoms with Gasteiger partial charge in [-0.15, -0.1) is 11.3 Å². The number of hydrogen-bond acceptors (Lipinski definition) is 5. The Balaban J connectivity index is 2.33. The highest BCUT2D eigenvalue weighted by molar-refractivity contribution is 7.16. The lowest BCUT2D eigenvalue weighted by molar-refractivity contribution is 0.627. The Hall–Kier alpha value is -1.01. The van der Waals surface area contributed by atoms with Crippen molar-refractivity contribution in [1.82, 2.24) is 15.4 Å². The average Bonchev–Trinajstić information content (AvgIpc) is 2.68. The maximum atomic E-state index is 5.86. The van der Waals surface area contributed by atoms with E-state index in [9.17, 15) is 0 Å². The molecular weight excluding hydrogens is 232 g/mol. The molecule has 0 bridgehead atoms. The van der Waals surface area contributed by atoms with Crippen LogP contribution in [-0.4, -0.2) is 9.97 Å². The number of rotatable bonds is 3. The smallest absolute Gasteiger partial charge is 0.0989 e. The SMILES string of the molecule is NNC(c1cnccn1)c1ccc(Cl)s1. The van der Waals surface area contributed by atoms with Crippen LogP contribution < -0.4 is 11.3 Å². The van der Waals surface area contributed by atoms with E-state index >= 15 is 0 Å². The van der Waals surface area contributed by atoms with Crippen molar-refractivity contribution in [2.45, 2.75) is 6.04 Å². The van der Waals surface area contributed by atoms with E-state index < -0.39 is 0 Å². The summed E-state index contributed by atoms with van der Waals surface area (Å²) in [6.07, 6.45) is 4.94. The van der Waals surface area contributed by atoms with Crippen LogP contribution in [0.1, 0.15) is 16.6 Å². The van der Waals surface area contributed by atoms with E-state index in [0.717, 1.165) is 14.9 Å². The van der Waals surface area contributed by atoms with Crippen LogP contribution in [0.4, 0.5) is 0 Å². The third-order valence-corrected chi connectivity index (χ3v) is 3.22. The molecule has 0 spiro atoms. The van der Waals surface area contributed by atoms with Gasteiger partial charge >= 0.3 is 0 Å². The Labute approximate surface area is 96.1 Å². The van der Waals surface area contributed by atoms with Crippen molar-refractivity contribution >= 4 is 22.9 Å². The number of halogens is 1. The van der Waals surface area contributed by atoms with Crippen LogP contribution in [0.2, 0.25) is 4.34 Å². The van der Waals surface area contributed by atoms with Gasteiger partial charge in [0.1, 0.15) is 0 Å². The summed E-state index contributed by atoms with van der Waals surface area (Å²) in [5, 5.41) is 0. The highest BCUT2D eigenvalue weighted by Gasteiger charge is 2.15. The van der Waals surface area contributed by atoms with Crippen molar-refractivity contribution in [1.29, 1.82) is 0 Å². The number of hydrazine groups is 1. The van der Waals surface area contributed by atoms with Gasteiger partial charge in [0.2, 0.25) is 0 Å². The first-order valence-electron chi connectivity index (χ1n) is 4.28. The van der Waals surface area contributed by atoms with Crippen LogP contribution in [0, 0.1) is 0 Å². The summed E-state index contributed by atoms with van der Waals surface area (Å²) in [6.45, 7) is 0. The van der Waals surface area contributed by atoms with Gasteiger partial charge in [-0.2, -0.15) is 0 Å². The molecule has 1 atom stereocenters. The van der Waals surface area contributed by atoms with Crippen molar-refractivity contribution in [2.24, 2.45) is 5.84 Å². The molecule has 4 nitrogen and oxygen atoms in total. The largest absolute Gasteiger partial charge is 0.270 e. The minimum atomic E-state index is -0.156. The lowest BCUT2D eigenvalue weighted by Crippen LogP contribution is -2.28. The predicted octanol–water partition coefficient (Wildman–Crippen LogP) is 1.74. The lowest BCUT2D eigenvalue weighted by atomic mass is 10.2. The van der Waals surface area contributed by atoms with E-state index in [0.29, 0.717) is 0 Å². The van der Waals surface area contributed by atoms with Gasteiger partial charge < -0.3 is 0 Å². The number of thiophene rings is 1. The first-order chi connectivity index (χ1) is 7.31. The summed E-state index contributed by atoms with van der Waals surface area (Å²) in [5.74, 6) is 5.49. The van der Waals surface area contributed by atoms with E-state index in [1.165, 1.54) is 11.3 Å². The number of hydrogen-bond donors (Lipinski definition) is 2. The summed E-state index contributed by atoms with van der Waals surface area (Å²) in [7, 11) is 0. The Morgan fingerprint density at radius 2 is 2.27 bits per heavy atom. The molecule has 0 aromatic carbocycles. The molecule has 2 aromatic rings. The van der Waals surface area contributed by atoms with E-state index in [2.05, 4.69) is 15.4 Å². The Kier molecular flexibility index (Phi) is 3.27. The molecule has 0 amide bonds. The van der Waals surface area contributed by atoms with Crippen LogP contribution in [0.25, 0.3) is 0 Å². The van der Waals surface area contributed by atoms with Crippen molar-refractivity contribution in [3.63, 3.8) is 0 Å². The van der Waals surface area contributed by atoms with Gasteiger partial charge in [-0.05, 0) is 12.1 Å². The molecule has 0 aliphatic rings. The van der Waals surface area contributed by atoms with Gasteiger partial charge in [0.15, 0.2) is 0 Å². The summed E-state index contributed by atoms with van der Waals surface area (Å²) < 4.78 is 0.731. The molecule has 2 rings (SSSR count). The molecule has 0 aliphatic heterocycles. The van der Waals surface area contributed by atoms with E-state index in [1.54, 1.807) is 18.6 Å². The van der Waals surface area contributed by atoms with E-state index in [1.807, 2.05) is 12.1 Å². The zero-order valence-corrected chi connectivity index (χ0v) is 9.29. The zero-order valence-electron chi connectivity index (χ0n) is 7.72. The normalized spacial score (nSPS) is 12.7. The monoisotopic (exact) mass is 240 g/mol. The van der Waals surface area contributed by atoms with Crippen molar-refractivity contribution in [3.05, 3.63) is 45.6 Å². The number of aromatic nitrogens is 2. The molecule has 0 saturated heterocycles. The van der Waals surface area contributed by atoms with Crippen molar-refractivity contribution in [2.75, 3.05) is 0 Å². The molecule has 3 N–H and O–H groups in total. The number of nitrogens with zero attached hydrogens (tertiary/aromatic N) is 2. The molecule has 1 unspecified atom stereocenters. The van der Waals surface area contributed by atoms with Gasteiger partial charge in [0.25, 0.3) is 0 Å². The summed E-state index contributed by atoms with van der Waals surface area (Å²) in [6, 6.07) is 3.60. The van der Waals surface area contributed by atoms with Crippen molar-refractivity contribution < 1.29 is 0 Å². The highest BCUT2D eigenvalue weighted by Crippen LogP contribution is 2.29. The van der Waals surface area contributed by atoms with Crippen LogP contribution >= 0.6 is 22.9 Å². The quantitative estimate of drug-likeness (QED) is 0.634. The summed E-state index contributed by atoms with van der Waals surface area (Å²) in [4.78, 5) is 9.21.